The predicted molar refractivity (Wildman–Crippen MR) is 52.9 cm³/mol. The summed E-state index contributed by atoms with van der Waals surface area (Å²) in [5, 5.41) is 2.81. The van der Waals surface area contributed by atoms with Gasteiger partial charge in [0.05, 0.1) is 0 Å². The van der Waals surface area contributed by atoms with Crippen molar-refractivity contribution in [2.75, 3.05) is 27.7 Å². The van der Waals surface area contributed by atoms with Crippen molar-refractivity contribution in [3.63, 3.8) is 0 Å². The number of urea groups is 1. The van der Waals surface area contributed by atoms with Crippen molar-refractivity contribution >= 4 is 11.9 Å². The molecule has 0 spiro atoms. The van der Waals surface area contributed by atoms with Crippen molar-refractivity contribution in [3.8, 4) is 0 Å². The van der Waals surface area contributed by atoms with E-state index in [-0.39, 0.29) is 18.5 Å². The number of nitrogens with zero attached hydrogens (tertiary/aromatic N) is 2. The van der Waals surface area contributed by atoms with Crippen LogP contribution in [0.2, 0.25) is 0 Å². The second kappa shape index (κ2) is 4.30. The van der Waals surface area contributed by atoms with E-state index in [9.17, 15) is 9.59 Å². The lowest BCUT2D eigenvalue weighted by Gasteiger charge is -2.19. The number of carbonyl (C=O) groups is 2. The van der Waals surface area contributed by atoms with Crippen LogP contribution < -0.4 is 5.32 Å². The lowest BCUT2D eigenvalue weighted by Crippen LogP contribution is -2.43. The van der Waals surface area contributed by atoms with E-state index in [0.717, 1.165) is 12.8 Å². The fraction of sp³-hybridized carbons (Fsp3) is 0.778. The van der Waals surface area contributed by atoms with Crippen molar-refractivity contribution in [2.24, 2.45) is 0 Å². The van der Waals surface area contributed by atoms with E-state index in [0.29, 0.717) is 6.04 Å². The summed E-state index contributed by atoms with van der Waals surface area (Å²) in [4.78, 5) is 25.5. The highest BCUT2D eigenvalue weighted by atomic mass is 16.2. The molecule has 1 saturated carbocycles. The first-order valence-electron chi connectivity index (χ1n) is 4.72. The molecule has 0 aromatic rings. The predicted octanol–water partition coefficient (Wildman–Crippen LogP) is -0.122. The first kappa shape index (κ1) is 10.8. The highest BCUT2D eigenvalue weighted by Crippen LogP contribution is 2.18. The molecule has 1 aliphatic rings. The standard InChI is InChI=1S/C9H17N3O2/c1-11(2)8(13)6-12(3)9(14)10-7-4-5-7/h7H,4-6H2,1-3H3,(H,10,14). The minimum Gasteiger partial charge on any atom is -0.347 e. The van der Waals surface area contributed by atoms with E-state index in [1.54, 1.807) is 21.1 Å². The van der Waals surface area contributed by atoms with E-state index in [1.807, 2.05) is 0 Å². The Morgan fingerprint density at radius 3 is 2.29 bits per heavy atom. The third-order valence-electron chi connectivity index (χ3n) is 2.12. The van der Waals surface area contributed by atoms with Crippen LogP contribution in [0.25, 0.3) is 0 Å². The second-order valence-electron chi connectivity index (χ2n) is 3.87. The Labute approximate surface area is 84.0 Å². The van der Waals surface area contributed by atoms with Gasteiger partial charge < -0.3 is 15.1 Å². The van der Waals surface area contributed by atoms with Crippen LogP contribution in [0.5, 0.6) is 0 Å². The van der Waals surface area contributed by atoms with Gasteiger partial charge in [-0.15, -0.1) is 0 Å². The summed E-state index contributed by atoms with van der Waals surface area (Å²) in [7, 11) is 4.98. The average Bonchev–Trinajstić information content (AvgIpc) is 2.87. The normalized spacial score (nSPS) is 14.8. The molecule has 0 aromatic carbocycles. The van der Waals surface area contributed by atoms with Gasteiger partial charge in [-0.2, -0.15) is 0 Å². The third-order valence-corrected chi connectivity index (χ3v) is 2.12. The van der Waals surface area contributed by atoms with Gasteiger partial charge in [-0.25, -0.2) is 4.79 Å². The highest BCUT2D eigenvalue weighted by molar-refractivity contribution is 5.83. The Morgan fingerprint density at radius 1 is 1.29 bits per heavy atom. The highest BCUT2D eigenvalue weighted by Gasteiger charge is 2.25. The first-order chi connectivity index (χ1) is 6.50. The summed E-state index contributed by atoms with van der Waals surface area (Å²) in [6.07, 6.45) is 2.11. The van der Waals surface area contributed by atoms with Gasteiger partial charge in [0, 0.05) is 27.2 Å². The van der Waals surface area contributed by atoms with Crippen LogP contribution in [-0.2, 0) is 4.79 Å². The van der Waals surface area contributed by atoms with E-state index >= 15 is 0 Å². The molecule has 0 unspecified atom stereocenters. The van der Waals surface area contributed by atoms with Crippen LogP contribution in [0, 0.1) is 0 Å². The van der Waals surface area contributed by atoms with Gasteiger partial charge in [-0.1, -0.05) is 0 Å². The van der Waals surface area contributed by atoms with Gasteiger partial charge in [0.1, 0.15) is 6.54 Å². The number of likely N-dealkylation sites (N-methyl/N-ethyl adjacent to an activating group) is 2. The number of rotatable bonds is 3. The molecule has 1 rings (SSSR count). The van der Waals surface area contributed by atoms with Crippen LogP contribution >= 0.6 is 0 Å². The largest absolute Gasteiger partial charge is 0.347 e. The minimum absolute atomic E-state index is 0.0709. The van der Waals surface area contributed by atoms with E-state index in [4.69, 9.17) is 0 Å². The average molecular weight is 199 g/mol. The molecule has 0 bridgehead atoms. The molecule has 0 aromatic heterocycles. The van der Waals surface area contributed by atoms with Crippen molar-refractivity contribution < 1.29 is 9.59 Å². The van der Waals surface area contributed by atoms with Crippen molar-refractivity contribution in [3.05, 3.63) is 0 Å². The van der Waals surface area contributed by atoms with Crippen molar-refractivity contribution in [2.45, 2.75) is 18.9 Å². The lowest BCUT2D eigenvalue weighted by molar-refractivity contribution is -0.129. The molecule has 14 heavy (non-hydrogen) atoms. The Morgan fingerprint density at radius 2 is 1.86 bits per heavy atom. The number of nitrogens with one attached hydrogen (secondary N) is 1. The van der Waals surface area contributed by atoms with Gasteiger partial charge in [0.25, 0.3) is 0 Å². The monoisotopic (exact) mass is 199 g/mol. The van der Waals surface area contributed by atoms with Gasteiger partial charge >= 0.3 is 6.03 Å². The maximum Gasteiger partial charge on any atom is 0.317 e. The fourth-order valence-corrected chi connectivity index (χ4v) is 0.929. The summed E-state index contributed by atoms with van der Waals surface area (Å²) in [5.41, 5.74) is 0. The van der Waals surface area contributed by atoms with E-state index in [2.05, 4.69) is 5.32 Å². The third kappa shape index (κ3) is 3.24. The van der Waals surface area contributed by atoms with Crippen LogP contribution in [0.15, 0.2) is 0 Å². The first-order valence-corrected chi connectivity index (χ1v) is 4.72. The summed E-state index contributed by atoms with van der Waals surface area (Å²) in [6.45, 7) is 0.131. The molecular weight excluding hydrogens is 182 g/mol. The van der Waals surface area contributed by atoms with Crippen LogP contribution in [0.3, 0.4) is 0 Å². The Hall–Kier alpha value is -1.26. The summed E-state index contributed by atoms with van der Waals surface area (Å²) in [6, 6.07) is 0.169. The Kier molecular flexibility index (Phi) is 3.33. The molecule has 3 amide bonds. The Balaban J connectivity index is 2.28. The molecule has 0 atom stereocenters. The molecule has 1 aliphatic carbocycles. The maximum absolute atomic E-state index is 11.4. The van der Waals surface area contributed by atoms with Crippen LogP contribution in [-0.4, -0.2) is 55.5 Å². The second-order valence-corrected chi connectivity index (χ2v) is 3.87. The molecule has 80 valence electrons. The quantitative estimate of drug-likeness (QED) is 0.689. The van der Waals surface area contributed by atoms with Crippen LogP contribution in [0.4, 0.5) is 4.79 Å². The van der Waals surface area contributed by atoms with Crippen molar-refractivity contribution in [1.29, 1.82) is 0 Å². The van der Waals surface area contributed by atoms with Gasteiger partial charge in [-0.3, -0.25) is 4.79 Å². The number of amides is 3. The number of carbonyl (C=O) groups excluding carboxylic acids is 2. The van der Waals surface area contributed by atoms with Crippen molar-refractivity contribution in [1.82, 2.24) is 15.1 Å². The molecule has 0 radical (unpaired) electrons. The number of hydrogen-bond acceptors (Lipinski definition) is 2. The lowest BCUT2D eigenvalue weighted by atomic mass is 10.5. The zero-order valence-corrected chi connectivity index (χ0v) is 8.91. The zero-order valence-electron chi connectivity index (χ0n) is 8.91. The molecule has 1 N–H and O–H groups in total. The molecule has 1 fully saturated rings. The molecule has 0 heterocycles. The molecular formula is C9H17N3O2. The molecule has 5 nitrogen and oxygen atoms in total. The molecule has 5 heteroatoms. The maximum atomic E-state index is 11.4. The SMILES string of the molecule is CN(C)C(=O)CN(C)C(=O)NC1CC1. The summed E-state index contributed by atoms with van der Waals surface area (Å²) in [5.74, 6) is -0.0709. The smallest absolute Gasteiger partial charge is 0.317 e. The summed E-state index contributed by atoms with van der Waals surface area (Å²) >= 11 is 0. The van der Waals surface area contributed by atoms with E-state index in [1.165, 1.54) is 9.80 Å². The van der Waals surface area contributed by atoms with Gasteiger partial charge in [0.15, 0.2) is 0 Å². The Bertz CT molecular complexity index is 236. The van der Waals surface area contributed by atoms with Crippen LogP contribution in [0.1, 0.15) is 12.8 Å². The molecule has 0 saturated heterocycles. The minimum atomic E-state index is -0.164. The fourth-order valence-electron chi connectivity index (χ4n) is 0.929. The van der Waals surface area contributed by atoms with Gasteiger partial charge in [0.2, 0.25) is 5.91 Å². The van der Waals surface area contributed by atoms with E-state index < -0.39 is 0 Å². The van der Waals surface area contributed by atoms with Gasteiger partial charge in [-0.05, 0) is 12.8 Å². The summed E-state index contributed by atoms with van der Waals surface area (Å²) < 4.78 is 0. The zero-order chi connectivity index (χ0) is 10.7. The molecule has 0 aliphatic heterocycles. The topological polar surface area (TPSA) is 52.7 Å². The number of hydrogen-bond donors (Lipinski definition) is 1.